The fourth-order valence-electron chi connectivity index (χ4n) is 3.71. The number of aromatic nitrogens is 3. The number of hydrogen-bond acceptors (Lipinski definition) is 13. The Morgan fingerprint density at radius 3 is 2.47 bits per heavy atom. The average molecular weight is 524 g/mol. The van der Waals surface area contributed by atoms with Gasteiger partial charge in [-0.25, -0.2) is 5.43 Å². The minimum Gasteiger partial charge on any atom is -0.490 e. The molecule has 0 radical (unpaired) electrons. The van der Waals surface area contributed by atoms with Crippen molar-refractivity contribution in [3.63, 3.8) is 0 Å². The van der Waals surface area contributed by atoms with E-state index >= 15 is 0 Å². The molecule has 2 aromatic carbocycles. The van der Waals surface area contributed by atoms with E-state index in [1.165, 1.54) is 7.11 Å². The Bertz CT molecular complexity index is 1390. The van der Waals surface area contributed by atoms with Crippen LogP contribution >= 0.6 is 0 Å². The summed E-state index contributed by atoms with van der Waals surface area (Å²) < 4.78 is 10.5. The molecule has 1 fully saturated rings. The fourth-order valence-corrected chi connectivity index (χ4v) is 3.71. The van der Waals surface area contributed by atoms with Crippen LogP contribution < -0.4 is 20.4 Å². The first-order valence-electron chi connectivity index (χ1n) is 11.5. The number of benzene rings is 2. The summed E-state index contributed by atoms with van der Waals surface area (Å²) >= 11 is 0. The Morgan fingerprint density at radius 2 is 1.79 bits per heavy atom. The van der Waals surface area contributed by atoms with Crippen molar-refractivity contribution in [1.82, 2.24) is 15.0 Å². The SMILES string of the molecule is COc1c(/C=N\Nc2nc(Nc3cc(C)ccc3C)nc(N3CCOCC3)n2)cc([N+](=O)[O-])cc1[N+](=O)[O-]. The number of nitro groups is 2. The van der Waals surface area contributed by atoms with Gasteiger partial charge in [-0.05, 0) is 31.0 Å². The van der Waals surface area contributed by atoms with Crippen LogP contribution in [0.2, 0.25) is 0 Å². The molecule has 0 atom stereocenters. The highest BCUT2D eigenvalue weighted by Crippen LogP contribution is 2.34. The molecular weight excluding hydrogens is 498 g/mol. The van der Waals surface area contributed by atoms with Gasteiger partial charge in [0.2, 0.25) is 23.6 Å². The third-order valence-corrected chi connectivity index (χ3v) is 5.62. The van der Waals surface area contributed by atoms with Crippen LogP contribution in [0, 0.1) is 34.1 Å². The molecule has 2 N–H and O–H groups in total. The number of nitro benzene ring substituents is 2. The van der Waals surface area contributed by atoms with Gasteiger partial charge in [0.1, 0.15) is 0 Å². The van der Waals surface area contributed by atoms with Crippen LogP contribution in [0.15, 0.2) is 35.4 Å². The summed E-state index contributed by atoms with van der Waals surface area (Å²) in [5, 5.41) is 30.0. The van der Waals surface area contributed by atoms with E-state index in [0.717, 1.165) is 35.2 Å². The van der Waals surface area contributed by atoms with Crippen molar-refractivity contribution < 1.29 is 19.3 Å². The minimum absolute atomic E-state index is 0.0251. The van der Waals surface area contributed by atoms with Gasteiger partial charge < -0.3 is 19.7 Å². The number of rotatable bonds is 9. The van der Waals surface area contributed by atoms with Gasteiger partial charge in [-0.3, -0.25) is 20.2 Å². The van der Waals surface area contributed by atoms with E-state index in [0.29, 0.717) is 32.3 Å². The van der Waals surface area contributed by atoms with Crippen LogP contribution in [0.1, 0.15) is 16.7 Å². The van der Waals surface area contributed by atoms with Gasteiger partial charge in [0.05, 0.1) is 48.0 Å². The van der Waals surface area contributed by atoms with Gasteiger partial charge in [-0.2, -0.15) is 20.1 Å². The third-order valence-electron chi connectivity index (χ3n) is 5.62. The Hall–Kier alpha value is -4.92. The summed E-state index contributed by atoms with van der Waals surface area (Å²) in [7, 11) is 1.23. The van der Waals surface area contributed by atoms with Crippen molar-refractivity contribution in [3.8, 4) is 5.75 Å². The fraction of sp³-hybridized carbons (Fsp3) is 0.304. The lowest BCUT2D eigenvalue weighted by molar-refractivity contribution is -0.394. The molecule has 1 aromatic heterocycles. The largest absolute Gasteiger partial charge is 0.490 e. The van der Waals surface area contributed by atoms with E-state index in [2.05, 4.69) is 30.8 Å². The maximum Gasteiger partial charge on any atom is 0.318 e. The maximum absolute atomic E-state index is 11.4. The number of aryl methyl sites for hydroxylation is 2. The molecule has 0 unspecified atom stereocenters. The summed E-state index contributed by atoms with van der Waals surface area (Å²) in [6.07, 6.45) is 1.16. The highest BCUT2D eigenvalue weighted by Gasteiger charge is 2.24. The van der Waals surface area contributed by atoms with E-state index in [4.69, 9.17) is 9.47 Å². The molecule has 198 valence electrons. The topological polar surface area (TPSA) is 183 Å². The number of nitrogens with zero attached hydrogens (tertiary/aromatic N) is 7. The molecule has 15 heteroatoms. The molecule has 38 heavy (non-hydrogen) atoms. The van der Waals surface area contributed by atoms with Gasteiger partial charge in [0, 0.05) is 24.8 Å². The highest BCUT2D eigenvalue weighted by atomic mass is 16.6. The normalized spacial score (nSPS) is 13.4. The van der Waals surface area contributed by atoms with Crippen molar-refractivity contribution >= 4 is 41.1 Å². The van der Waals surface area contributed by atoms with E-state index in [1.54, 1.807) is 0 Å². The molecule has 15 nitrogen and oxygen atoms in total. The zero-order chi connectivity index (χ0) is 27.2. The Morgan fingerprint density at radius 1 is 1.05 bits per heavy atom. The summed E-state index contributed by atoms with van der Waals surface area (Å²) in [5.41, 5.74) is 4.56. The molecule has 1 aliphatic heterocycles. The van der Waals surface area contributed by atoms with Gasteiger partial charge >= 0.3 is 5.69 Å². The molecule has 1 aliphatic rings. The van der Waals surface area contributed by atoms with Crippen LogP contribution in [0.5, 0.6) is 5.75 Å². The number of nitrogens with one attached hydrogen (secondary N) is 2. The first-order valence-corrected chi connectivity index (χ1v) is 11.5. The van der Waals surface area contributed by atoms with Crippen LogP contribution in [-0.2, 0) is 4.74 Å². The second kappa shape index (κ2) is 11.4. The standard InChI is InChI=1S/C23H25N9O6/c1-14-4-5-15(2)18(10-14)25-21-26-22(28-23(27-21)30-6-8-38-9-7-30)29-24-13-16-11-17(31(33)34)12-19(32(35)36)20(16)37-3/h4-5,10-13H,6-9H2,1-3H3,(H2,25,26,27,28,29)/b24-13-. The maximum atomic E-state index is 11.4. The third kappa shape index (κ3) is 6.07. The summed E-state index contributed by atoms with van der Waals surface area (Å²) in [6.45, 7) is 6.16. The van der Waals surface area contributed by atoms with Crippen molar-refractivity contribution in [2.45, 2.75) is 13.8 Å². The van der Waals surface area contributed by atoms with Gasteiger partial charge in [0.25, 0.3) is 5.69 Å². The quantitative estimate of drug-likeness (QED) is 0.237. The molecule has 2 heterocycles. The average Bonchev–Trinajstić information content (AvgIpc) is 2.90. The Kier molecular flexibility index (Phi) is 7.86. The monoisotopic (exact) mass is 523 g/mol. The van der Waals surface area contributed by atoms with Crippen molar-refractivity contribution in [1.29, 1.82) is 0 Å². The number of hydrazone groups is 1. The number of morpholine rings is 1. The minimum atomic E-state index is -0.761. The Balaban J connectivity index is 1.67. The van der Waals surface area contributed by atoms with E-state index < -0.39 is 21.2 Å². The van der Waals surface area contributed by atoms with E-state index in [9.17, 15) is 20.2 Å². The zero-order valence-corrected chi connectivity index (χ0v) is 20.9. The number of non-ortho nitro benzene ring substituents is 1. The first-order chi connectivity index (χ1) is 18.2. The predicted molar refractivity (Wildman–Crippen MR) is 140 cm³/mol. The first kappa shape index (κ1) is 26.2. The van der Waals surface area contributed by atoms with Crippen molar-refractivity contribution in [2.24, 2.45) is 5.10 Å². The molecular formula is C23H25N9O6. The molecule has 1 saturated heterocycles. The second-order valence-electron chi connectivity index (χ2n) is 8.30. The van der Waals surface area contributed by atoms with Crippen LogP contribution in [0.3, 0.4) is 0 Å². The molecule has 4 rings (SSSR count). The van der Waals surface area contributed by atoms with Gasteiger partial charge in [-0.1, -0.05) is 12.1 Å². The second-order valence-corrected chi connectivity index (χ2v) is 8.30. The highest BCUT2D eigenvalue weighted by molar-refractivity contribution is 5.87. The number of hydrogen-bond donors (Lipinski definition) is 2. The summed E-state index contributed by atoms with van der Waals surface area (Å²) in [6, 6.07) is 7.91. The van der Waals surface area contributed by atoms with Crippen LogP contribution in [0.25, 0.3) is 0 Å². The smallest absolute Gasteiger partial charge is 0.318 e. The summed E-state index contributed by atoms with van der Waals surface area (Å²) in [5.74, 6) is 0.589. The van der Waals surface area contributed by atoms with Gasteiger partial charge in [0.15, 0.2) is 0 Å². The molecule has 0 saturated carbocycles. The predicted octanol–water partition coefficient (Wildman–Crippen LogP) is 3.34. The lowest BCUT2D eigenvalue weighted by Crippen LogP contribution is -2.37. The molecule has 0 amide bonds. The van der Waals surface area contributed by atoms with Crippen LogP contribution in [0.4, 0.5) is 34.9 Å². The molecule has 0 spiro atoms. The lowest BCUT2D eigenvalue weighted by atomic mass is 10.1. The number of anilines is 4. The Labute approximate surface area is 216 Å². The van der Waals surface area contributed by atoms with E-state index in [-0.39, 0.29) is 23.2 Å². The van der Waals surface area contributed by atoms with Crippen molar-refractivity contribution in [2.75, 3.05) is 49.1 Å². The molecule has 0 aliphatic carbocycles. The number of methoxy groups -OCH3 is 1. The molecule has 0 bridgehead atoms. The van der Waals surface area contributed by atoms with Gasteiger partial charge in [-0.15, -0.1) is 0 Å². The number of ether oxygens (including phenoxy) is 2. The lowest BCUT2D eigenvalue weighted by Gasteiger charge is -2.27. The molecule has 3 aromatic rings. The van der Waals surface area contributed by atoms with E-state index in [1.807, 2.05) is 36.9 Å². The zero-order valence-electron chi connectivity index (χ0n) is 20.9. The van der Waals surface area contributed by atoms with Crippen LogP contribution in [-0.4, -0.2) is 64.4 Å². The summed E-state index contributed by atoms with van der Waals surface area (Å²) in [4.78, 5) is 36.5. The van der Waals surface area contributed by atoms with Crippen molar-refractivity contribution in [3.05, 3.63) is 67.3 Å².